The number of amides is 4. The second-order valence-corrected chi connectivity index (χ2v) is 8.08. The van der Waals surface area contributed by atoms with Crippen LogP contribution < -0.4 is 27.0 Å². The predicted octanol–water partition coefficient (Wildman–Crippen LogP) is -1.94. The van der Waals surface area contributed by atoms with E-state index in [1.165, 1.54) is 0 Å². The van der Waals surface area contributed by atoms with Gasteiger partial charge in [-0.2, -0.15) is 0 Å². The number of hydrogen-bond donors (Lipinski definition) is 7. The number of carboxylic acid groups (broad SMARTS) is 2. The Morgan fingerprint density at radius 3 is 2.18 bits per heavy atom. The maximum Gasteiger partial charge on any atom is 0.326 e. The molecule has 13 heteroatoms. The molecule has 5 atom stereocenters. The second kappa shape index (κ2) is 13.4. The number of primary amides is 1. The van der Waals surface area contributed by atoms with Crippen molar-refractivity contribution in [3.05, 3.63) is 0 Å². The summed E-state index contributed by atoms with van der Waals surface area (Å²) in [6, 6.07) is -4.48. The molecule has 5 unspecified atom stereocenters. The van der Waals surface area contributed by atoms with Gasteiger partial charge < -0.3 is 37.2 Å². The molecule has 0 saturated carbocycles. The fourth-order valence-corrected chi connectivity index (χ4v) is 3.33. The number of carbonyl (C=O) groups is 6. The van der Waals surface area contributed by atoms with E-state index in [2.05, 4.69) is 21.3 Å². The summed E-state index contributed by atoms with van der Waals surface area (Å²) in [4.78, 5) is 71.7. The van der Waals surface area contributed by atoms with Crippen molar-refractivity contribution in [1.29, 1.82) is 0 Å². The van der Waals surface area contributed by atoms with E-state index in [4.69, 9.17) is 10.8 Å². The van der Waals surface area contributed by atoms with E-state index in [0.29, 0.717) is 19.4 Å². The number of aliphatic carboxylic acids is 2. The van der Waals surface area contributed by atoms with Gasteiger partial charge in [0.25, 0.3) is 0 Å². The highest BCUT2D eigenvalue weighted by atomic mass is 16.4. The van der Waals surface area contributed by atoms with Crippen molar-refractivity contribution in [3.8, 4) is 0 Å². The van der Waals surface area contributed by atoms with E-state index in [1.54, 1.807) is 13.8 Å². The van der Waals surface area contributed by atoms with Gasteiger partial charge in [-0.1, -0.05) is 20.3 Å². The van der Waals surface area contributed by atoms with E-state index in [-0.39, 0.29) is 6.42 Å². The Kier molecular flexibility index (Phi) is 11.3. The Bertz CT molecular complexity index is 753. The highest BCUT2D eigenvalue weighted by Crippen LogP contribution is 2.11. The first-order chi connectivity index (χ1) is 15.5. The van der Waals surface area contributed by atoms with Gasteiger partial charge in [0.15, 0.2) is 0 Å². The van der Waals surface area contributed by atoms with Crippen molar-refractivity contribution in [2.24, 2.45) is 11.7 Å². The van der Waals surface area contributed by atoms with Crippen LogP contribution in [0, 0.1) is 5.92 Å². The Labute approximate surface area is 191 Å². The number of nitrogens with one attached hydrogen (secondary N) is 4. The Hall–Kier alpha value is -3.22. The highest BCUT2D eigenvalue weighted by molar-refractivity contribution is 5.96. The number of hydrogen-bond acceptors (Lipinski definition) is 7. The van der Waals surface area contributed by atoms with Crippen LogP contribution in [-0.4, -0.2) is 76.5 Å². The molecule has 0 aromatic heterocycles. The minimum Gasteiger partial charge on any atom is -0.481 e. The molecule has 8 N–H and O–H groups in total. The molecule has 1 aliphatic heterocycles. The molecule has 33 heavy (non-hydrogen) atoms. The van der Waals surface area contributed by atoms with Gasteiger partial charge >= 0.3 is 11.9 Å². The SMILES string of the molecule is CCC(C)C(NC(=O)C(CC(N)=O)NC(=O)C1CCCN1)C(=O)NC(CCC(=O)O)C(=O)O. The summed E-state index contributed by atoms with van der Waals surface area (Å²) >= 11 is 0. The zero-order chi connectivity index (χ0) is 25.1. The lowest BCUT2D eigenvalue weighted by atomic mass is 9.97. The van der Waals surface area contributed by atoms with Crippen LogP contribution in [0.3, 0.4) is 0 Å². The third-order valence-corrected chi connectivity index (χ3v) is 5.47. The van der Waals surface area contributed by atoms with Gasteiger partial charge in [-0.3, -0.25) is 24.0 Å². The maximum absolute atomic E-state index is 12.9. The Morgan fingerprint density at radius 2 is 1.70 bits per heavy atom. The minimum atomic E-state index is -1.47. The summed E-state index contributed by atoms with van der Waals surface area (Å²) < 4.78 is 0. The lowest BCUT2D eigenvalue weighted by molar-refractivity contribution is -0.144. The molecule has 1 fully saturated rings. The molecule has 1 heterocycles. The minimum absolute atomic E-state index is 0.341. The molecule has 1 rings (SSSR count). The predicted molar refractivity (Wildman–Crippen MR) is 115 cm³/mol. The van der Waals surface area contributed by atoms with Crippen LogP contribution in [0.5, 0.6) is 0 Å². The molecule has 0 radical (unpaired) electrons. The first kappa shape index (κ1) is 27.8. The highest BCUT2D eigenvalue weighted by Gasteiger charge is 2.34. The normalized spacial score (nSPS) is 18.9. The smallest absolute Gasteiger partial charge is 0.326 e. The lowest BCUT2D eigenvalue weighted by Gasteiger charge is -2.27. The number of nitrogens with two attached hydrogens (primary N) is 1. The first-order valence-electron chi connectivity index (χ1n) is 10.8. The standard InChI is InChI=1S/C20H33N5O8/c1-3-10(2)16(19(31)23-12(20(32)33)6-7-15(27)28)25-18(30)13(9-14(21)26)24-17(29)11-5-4-8-22-11/h10-13,16,22H,3-9H2,1-2H3,(H2,21,26)(H,23,31)(H,24,29)(H,25,30)(H,27,28)(H,32,33). The molecular weight excluding hydrogens is 438 g/mol. The van der Waals surface area contributed by atoms with E-state index in [9.17, 15) is 33.9 Å². The van der Waals surface area contributed by atoms with Crippen LogP contribution in [0.1, 0.15) is 52.4 Å². The second-order valence-electron chi connectivity index (χ2n) is 8.08. The van der Waals surface area contributed by atoms with Gasteiger partial charge in [0.05, 0.1) is 12.5 Å². The third-order valence-electron chi connectivity index (χ3n) is 5.47. The molecule has 1 saturated heterocycles. The molecule has 0 aromatic carbocycles. The van der Waals surface area contributed by atoms with Gasteiger partial charge in [-0.15, -0.1) is 0 Å². The van der Waals surface area contributed by atoms with Gasteiger partial charge in [0.2, 0.25) is 23.6 Å². The molecule has 186 valence electrons. The molecule has 0 aromatic rings. The van der Waals surface area contributed by atoms with Crippen molar-refractivity contribution >= 4 is 35.6 Å². The van der Waals surface area contributed by atoms with Crippen molar-refractivity contribution in [2.75, 3.05) is 6.54 Å². The molecular formula is C20H33N5O8. The summed E-state index contributed by atoms with van der Waals surface area (Å²) in [5, 5.41) is 28.2. The quantitative estimate of drug-likeness (QED) is 0.150. The summed E-state index contributed by atoms with van der Waals surface area (Å²) in [5.41, 5.74) is 5.22. The summed E-state index contributed by atoms with van der Waals surface area (Å²) in [6.45, 7) is 4.06. The van der Waals surface area contributed by atoms with Crippen LogP contribution in [0.15, 0.2) is 0 Å². The van der Waals surface area contributed by atoms with Crippen LogP contribution in [0.25, 0.3) is 0 Å². The zero-order valence-electron chi connectivity index (χ0n) is 18.8. The molecule has 13 nitrogen and oxygen atoms in total. The van der Waals surface area contributed by atoms with Crippen molar-refractivity contribution in [2.45, 2.75) is 76.5 Å². The van der Waals surface area contributed by atoms with Crippen molar-refractivity contribution < 1.29 is 39.0 Å². The number of rotatable bonds is 14. The van der Waals surface area contributed by atoms with Crippen LogP contribution >= 0.6 is 0 Å². The van der Waals surface area contributed by atoms with E-state index in [0.717, 1.165) is 6.42 Å². The Balaban J connectivity index is 2.95. The lowest BCUT2D eigenvalue weighted by Crippen LogP contribution is -2.59. The summed E-state index contributed by atoms with van der Waals surface area (Å²) in [6.07, 6.45) is 0.487. The summed E-state index contributed by atoms with van der Waals surface area (Å²) in [5.74, 6) is -6.03. The average Bonchev–Trinajstić information content (AvgIpc) is 3.27. The van der Waals surface area contributed by atoms with Crippen molar-refractivity contribution in [3.63, 3.8) is 0 Å². The zero-order valence-corrected chi connectivity index (χ0v) is 18.8. The van der Waals surface area contributed by atoms with Crippen LogP contribution in [-0.2, 0) is 28.8 Å². The van der Waals surface area contributed by atoms with Crippen LogP contribution in [0.4, 0.5) is 0 Å². The van der Waals surface area contributed by atoms with E-state index < -0.39 is 78.5 Å². The number of carboxylic acids is 2. The average molecular weight is 472 g/mol. The third kappa shape index (κ3) is 9.43. The van der Waals surface area contributed by atoms with Crippen LogP contribution in [0.2, 0.25) is 0 Å². The molecule has 0 aliphatic carbocycles. The monoisotopic (exact) mass is 471 g/mol. The van der Waals surface area contributed by atoms with E-state index in [1.807, 2.05) is 0 Å². The van der Waals surface area contributed by atoms with Crippen molar-refractivity contribution in [1.82, 2.24) is 21.3 Å². The maximum atomic E-state index is 12.9. The van der Waals surface area contributed by atoms with Gasteiger partial charge in [-0.25, -0.2) is 4.79 Å². The molecule has 1 aliphatic rings. The fraction of sp³-hybridized carbons (Fsp3) is 0.700. The Morgan fingerprint density at radius 1 is 1.03 bits per heavy atom. The first-order valence-corrected chi connectivity index (χ1v) is 10.8. The van der Waals surface area contributed by atoms with Gasteiger partial charge in [0, 0.05) is 6.42 Å². The fourth-order valence-electron chi connectivity index (χ4n) is 3.33. The largest absolute Gasteiger partial charge is 0.481 e. The molecule has 0 bridgehead atoms. The van der Waals surface area contributed by atoms with Gasteiger partial charge in [0.1, 0.15) is 18.1 Å². The van der Waals surface area contributed by atoms with E-state index >= 15 is 0 Å². The number of carbonyl (C=O) groups excluding carboxylic acids is 4. The molecule has 0 spiro atoms. The summed E-state index contributed by atoms with van der Waals surface area (Å²) in [7, 11) is 0. The van der Waals surface area contributed by atoms with Gasteiger partial charge in [-0.05, 0) is 31.7 Å². The molecule has 4 amide bonds. The topological polar surface area (TPSA) is 217 Å².